The van der Waals surface area contributed by atoms with Crippen molar-refractivity contribution in [1.29, 1.82) is 0 Å². The highest BCUT2D eigenvalue weighted by Crippen LogP contribution is 2.07. The second-order valence-corrected chi connectivity index (χ2v) is 8.03. The van der Waals surface area contributed by atoms with Crippen molar-refractivity contribution in [3.63, 3.8) is 0 Å². The first-order valence-corrected chi connectivity index (χ1v) is 10.2. The number of carboxylic acids is 2. The number of aliphatic hydroxyl groups excluding tert-OH is 1. The van der Waals surface area contributed by atoms with Gasteiger partial charge in [-0.1, -0.05) is 13.8 Å². The van der Waals surface area contributed by atoms with Crippen molar-refractivity contribution in [2.24, 2.45) is 17.4 Å². The second kappa shape index (κ2) is 14.0. The molecular weight excluding hydrogens is 442 g/mol. The maximum atomic E-state index is 12.7. The third kappa shape index (κ3) is 11.8. The standard InChI is InChI=1S/C19H33N5O9/c1-8(2)6-12(19(32)33)23-18(31)15(9(3)25)24-17(30)11(4-5-13(21)26)22-16(29)10(20)7-14(27)28/h8-12,15,25H,4-7,20H2,1-3H3,(H2,21,26)(H,22,29)(H,23,31)(H,24,30)(H,27,28)(H,32,33). The first-order chi connectivity index (χ1) is 15.1. The maximum Gasteiger partial charge on any atom is 0.326 e. The van der Waals surface area contributed by atoms with Crippen LogP contribution in [0.3, 0.4) is 0 Å². The Hall–Kier alpha value is -3.26. The molecular formula is C19H33N5O9. The average molecular weight is 475 g/mol. The fourth-order valence-electron chi connectivity index (χ4n) is 2.73. The number of nitrogens with one attached hydrogen (secondary N) is 3. The van der Waals surface area contributed by atoms with Crippen molar-refractivity contribution in [3.8, 4) is 0 Å². The zero-order valence-electron chi connectivity index (χ0n) is 18.7. The largest absolute Gasteiger partial charge is 0.481 e. The number of hydrogen-bond acceptors (Lipinski definition) is 8. The third-order valence-corrected chi connectivity index (χ3v) is 4.43. The van der Waals surface area contributed by atoms with E-state index in [4.69, 9.17) is 16.6 Å². The number of carbonyl (C=O) groups is 6. The molecule has 0 heterocycles. The minimum Gasteiger partial charge on any atom is -0.481 e. The molecule has 0 fully saturated rings. The molecule has 14 nitrogen and oxygen atoms in total. The van der Waals surface area contributed by atoms with E-state index in [-0.39, 0.29) is 25.2 Å². The van der Waals surface area contributed by atoms with E-state index in [2.05, 4.69) is 16.0 Å². The Morgan fingerprint density at radius 2 is 1.39 bits per heavy atom. The lowest BCUT2D eigenvalue weighted by Crippen LogP contribution is -2.60. The quantitative estimate of drug-likeness (QED) is 0.119. The van der Waals surface area contributed by atoms with E-state index in [1.807, 2.05) is 0 Å². The van der Waals surface area contributed by atoms with Crippen molar-refractivity contribution in [2.45, 2.75) is 76.7 Å². The number of aliphatic hydroxyl groups is 1. The van der Waals surface area contributed by atoms with Crippen molar-refractivity contribution in [2.75, 3.05) is 0 Å². The number of carbonyl (C=O) groups excluding carboxylic acids is 4. The highest BCUT2D eigenvalue weighted by atomic mass is 16.4. The smallest absolute Gasteiger partial charge is 0.326 e. The van der Waals surface area contributed by atoms with Gasteiger partial charge in [0, 0.05) is 6.42 Å². The van der Waals surface area contributed by atoms with E-state index in [0.717, 1.165) is 0 Å². The summed E-state index contributed by atoms with van der Waals surface area (Å²) in [4.78, 5) is 70.6. The molecule has 10 N–H and O–H groups in total. The van der Waals surface area contributed by atoms with Crippen LogP contribution in [0.25, 0.3) is 0 Å². The molecule has 0 aliphatic heterocycles. The molecule has 0 bridgehead atoms. The summed E-state index contributed by atoms with van der Waals surface area (Å²) in [5.41, 5.74) is 10.5. The molecule has 0 aliphatic carbocycles. The van der Waals surface area contributed by atoms with Crippen LogP contribution >= 0.6 is 0 Å². The van der Waals surface area contributed by atoms with Crippen molar-refractivity contribution in [3.05, 3.63) is 0 Å². The van der Waals surface area contributed by atoms with Crippen LogP contribution in [-0.2, 0) is 28.8 Å². The van der Waals surface area contributed by atoms with Crippen LogP contribution in [0.4, 0.5) is 0 Å². The fourth-order valence-corrected chi connectivity index (χ4v) is 2.73. The highest BCUT2D eigenvalue weighted by molar-refractivity contribution is 5.95. The lowest BCUT2D eigenvalue weighted by Gasteiger charge is -2.26. The molecule has 0 aliphatic rings. The predicted molar refractivity (Wildman–Crippen MR) is 113 cm³/mol. The van der Waals surface area contributed by atoms with E-state index >= 15 is 0 Å². The lowest BCUT2D eigenvalue weighted by atomic mass is 10.0. The Balaban J connectivity index is 5.50. The van der Waals surface area contributed by atoms with E-state index in [1.165, 1.54) is 6.92 Å². The van der Waals surface area contributed by atoms with Gasteiger partial charge in [-0.25, -0.2) is 4.79 Å². The monoisotopic (exact) mass is 475 g/mol. The summed E-state index contributed by atoms with van der Waals surface area (Å²) < 4.78 is 0. The van der Waals surface area contributed by atoms with Gasteiger partial charge in [0.2, 0.25) is 23.6 Å². The summed E-state index contributed by atoms with van der Waals surface area (Å²) in [5.74, 6) is -6.49. The first-order valence-electron chi connectivity index (χ1n) is 10.2. The van der Waals surface area contributed by atoms with Gasteiger partial charge in [0.15, 0.2) is 0 Å². The Labute approximate surface area is 190 Å². The van der Waals surface area contributed by atoms with Gasteiger partial charge in [-0.2, -0.15) is 0 Å². The van der Waals surface area contributed by atoms with Crippen LogP contribution in [-0.4, -0.2) is 81.2 Å². The number of amides is 4. The minimum absolute atomic E-state index is 0.0746. The van der Waals surface area contributed by atoms with Crippen molar-refractivity contribution in [1.82, 2.24) is 16.0 Å². The van der Waals surface area contributed by atoms with E-state index in [0.29, 0.717) is 0 Å². The molecule has 0 saturated carbocycles. The zero-order valence-corrected chi connectivity index (χ0v) is 18.7. The molecule has 4 amide bonds. The third-order valence-electron chi connectivity index (χ3n) is 4.43. The van der Waals surface area contributed by atoms with E-state index in [9.17, 15) is 39.0 Å². The number of carboxylic acid groups (broad SMARTS) is 2. The molecule has 0 aromatic rings. The van der Waals surface area contributed by atoms with Crippen LogP contribution < -0.4 is 27.4 Å². The maximum absolute atomic E-state index is 12.7. The summed E-state index contributed by atoms with van der Waals surface area (Å²) >= 11 is 0. The van der Waals surface area contributed by atoms with Crippen LogP contribution in [0.15, 0.2) is 0 Å². The molecule has 33 heavy (non-hydrogen) atoms. The van der Waals surface area contributed by atoms with E-state index in [1.54, 1.807) is 13.8 Å². The molecule has 14 heteroatoms. The number of nitrogens with two attached hydrogens (primary N) is 2. The van der Waals surface area contributed by atoms with Gasteiger partial charge in [0.25, 0.3) is 0 Å². The second-order valence-electron chi connectivity index (χ2n) is 8.03. The predicted octanol–water partition coefficient (Wildman–Crippen LogP) is -2.98. The summed E-state index contributed by atoms with van der Waals surface area (Å²) in [7, 11) is 0. The summed E-state index contributed by atoms with van der Waals surface area (Å²) in [6.45, 7) is 4.68. The normalized spacial score (nSPS) is 15.5. The number of hydrogen-bond donors (Lipinski definition) is 8. The SMILES string of the molecule is CC(C)CC(NC(=O)C(NC(=O)C(CCC(N)=O)NC(=O)C(N)CC(=O)O)C(C)O)C(=O)O. The van der Waals surface area contributed by atoms with Gasteiger partial charge in [0.05, 0.1) is 18.6 Å². The Kier molecular flexibility index (Phi) is 12.6. The van der Waals surface area contributed by atoms with Crippen LogP contribution in [0, 0.1) is 5.92 Å². The topological polar surface area (TPSA) is 251 Å². The summed E-state index contributed by atoms with van der Waals surface area (Å²) in [6, 6.07) is -5.79. The minimum atomic E-state index is -1.59. The Morgan fingerprint density at radius 3 is 1.82 bits per heavy atom. The number of rotatable bonds is 15. The Morgan fingerprint density at radius 1 is 0.848 bits per heavy atom. The van der Waals surface area contributed by atoms with Crippen LogP contribution in [0.1, 0.15) is 46.5 Å². The summed E-state index contributed by atoms with van der Waals surface area (Å²) in [6.07, 6.45) is -2.72. The van der Waals surface area contributed by atoms with Crippen LogP contribution in [0.2, 0.25) is 0 Å². The van der Waals surface area contributed by atoms with Gasteiger partial charge in [-0.15, -0.1) is 0 Å². The summed E-state index contributed by atoms with van der Waals surface area (Å²) in [5, 5.41) is 34.6. The number of aliphatic carboxylic acids is 2. The molecule has 0 radical (unpaired) electrons. The molecule has 0 saturated heterocycles. The lowest BCUT2D eigenvalue weighted by molar-refractivity contribution is -0.143. The molecule has 0 aromatic heterocycles. The molecule has 0 rings (SSSR count). The molecule has 188 valence electrons. The number of primary amides is 1. The molecule has 5 atom stereocenters. The van der Waals surface area contributed by atoms with Gasteiger partial charge in [-0.3, -0.25) is 24.0 Å². The van der Waals surface area contributed by atoms with Crippen molar-refractivity contribution < 1.29 is 44.1 Å². The van der Waals surface area contributed by atoms with Gasteiger partial charge in [0.1, 0.15) is 18.1 Å². The van der Waals surface area contributed by atoms with Crippen LogP contribution in [0.5, 0.6) is 0 Å². The first kappa shape index (κ1) is 29.7. The zero-order chi connectivity index (χ0) is 25.9. The van der Waals surface area contributed by atoms with Gasteiger partial charge >= 0.3 is 11.9 Å². The van der Waals surface area contributed by atoms with E-state index < -0.39 is 72.3 Å². The van der Waals surface area contributed by atoms with Crippen molar-refractivity contribution >= 4 is 35.6 Å². The van der Waals surface area contributed by atoms with Gasteiger partial charge in [-0.05, 0) is 25.7 Å². The van der Waals surface area contributed by atoms with Gasteiger partial charge < -0.3 is 42.7 Å². The molecule has 0 aromatic carbocycles. The average Bonchev–Trinajstić information content (AvgIpc) is 2.66. The molecule has 5 unspecified atom stereocenters. The highest BCUT2D eigenvalue weighted by Gasteiger charge is 2.33. The Bertz CT molecular complexity index is 741. The fraction of sp³-hybridized carbons (Fsp3) is 0.684. The molecule has 0 spiro atoms.